The molecule has 1 aliphatic heterocycles. The van der Waals surface area contributed by atoms with Crippen LogP contribution >= 0.6 is 0 Å². The molecule has 1 radical (unpaired) electrons. The number of amides is 1. The normalized spacial score (nSPS) is 18.9. The standard InChI is InChI=1S/C16H24FN2O.Y/c1-6-19(4,5)14-7-8-18(16(14)20)15-11(2)9-13(17)10-12(15)3;/h9-10,14H,6-8H2,1-5H3;/q+1;. The zero-order valence-corrected chi connectivity index (χ0v) is 16.4. The van der Waals surface area contributed by atoms with Crippen molar-refractivity contribution in [1.29, 1.82) is 0 Å². The predicted octanol–water partition coefficient (Wildman–Crippen LogP) is 2.64. The van der Waals surface area contributed by atoms with Crippen molar-refractivity contribution in [3.63, 3.8) is 0 Å². The molecule has 0 aromatic heterocycles. The number of halogens is 1. The second-order valence-electron chi connectivity index (χ2n) is 6.28. The summed E-state index contributed by atoms with van der Waals surface area (Å²) in [4.78, 5) is 14.6. The molecule has 1 aromatic carbocycles. The van der Waals surface area contributed by atoms with Crippen LogP contribution in [0.5, 0.6) is 0 Å². The van der Waals surface area contributed by atoms with Crippen molar-refractivity contribution in [2.24, 2.45) is 0 Å². The number of anilines is 1. The van der Waals surface area contributed by atoms with Gasteiger partial charge < -0.3 is 9.38 Å². The summed E-state index contributed by atoms with van der Waals surface area (Å²) < 4.78 is 14.1. The van der Waals surface area contributed by atoms with E-state index in [1.807, 2.05) is 18.7 Å². The van der Waals surface area contributed by atoms with Crippen LogP contribution < -0.4 is 4.90 Å². The molecule has 0 spiro atoms. The van der Waals surface area contributed by atoms with E-state index in [0.717, 1.165) is 36.3 Å². The second-order valence-corrected chi connectivity index (χ2v) is 6.28. The van der Waals surface area contributed by atoms with Crippen molar-refractivity contribution in [3.8, 4) is 0 Å². The summed E-state index contributed by atoms with van der Waals surface area (Å²) in [5.41, 5.74) is 2.55. The Labute approximate surface area is 152 Å². The molecular weight excluding hydrogens is 344 g/mol. The number of benzene rings is 1. The van der Waals surface area contributed by atoms with Gasteiger partial charge in [-0.25, -0.2) is 4.39 Å². The monoisotopic (exact) mass is 368 g/mol. The van der Waals surface area contributed by atoms with E-state index in [2.05, 4.69) is 21.0 Å². The molecule has 1 aliphatic rings. The summed E-state index contributed by atoms with van der Waals surface area (Å²) in [5.74, 6) is -0.0775. The molecular formula is C16H24FN2OY+. The Bertz CT molecular complexity index is 522. The summed E-state index contributed by atoms with van der Waals surface area (Å²) >= 11 is 0. The Balaban J connectivity index is 0.00000220. The predicted molar refractivity (Wildman–Crippen MR) is 79.3 cm³/mol. The summed E-state index contributed by atoms with van der Waals surface area (Å²) in [6.45, 7) is 7.48. The van der Waals surface area contributed by atoms with Gasteiger partial charge in [-0.05, 0) is 44.0 Å². The number of carbonyl (C=O) groups excluding carboxylic acids is 1. The Hall–Kier alpha value is -0.316. The Morgan fingerprint density at radius 3 is 2.29 bits per heavy atom. The molecule has 1 fully saturated rings. The molecule has 5 heteroatoms. The third-order valence-corrected chi connectivity index (χ3v) is 4.56. The molecule has 21 heavy (non-hydrogen) atoms. The molecule has 0 aliphatic carbocycles. The van der Waals surface area contributed by atoms with Gasteiger partial charge in [0.25, 0.3) is 5.91 Å². The van der Waals surface area contributed by atoms with E-state index in [-0.39, 0.29) is 50.5 Å². The number of carbonyl (C=O) groups is 1. The number of aryl methyl sites for hydroxylation is 2. The van der Waals surface area contributed by atoms with Crippen LogP contribution in [0.4, 0.5) is 10.1 Å². The summed E-state index contributed by atoms with van der Waals surface area (Å²) in [7, 11) is 4.19. The zero-order valence-electron chi connectivity index (χ0n) is 13.6. The Kier molecular flexibility index (Phi) is 6.11. The van der Waals surface area contributed by atoms with Gasteiger partial charge in [0.1, 0.15) is 5.82 Å². The van der Waals surface area contributed by atoms with Gasteiger partial charge in [-0.15, -0.1) is 0 Å². The van der Waals surface area contributed by atoms with E-state index in [4.69, 9.17) is 0 Å². The number of rotatable bonds is 3. The van der Waals surface area contributed by atoms with Crippen LogP contribution in [0, 0.1) is 19.7 Å². The SMILES string of the molecule is CC[N+](C)(C)C1CCN(c2c(C)cc(F)cc2C)C1=O.[Y]. The average molecular weight is 368 g/mol. The van der Waals surface area contributed by atoms with Crippen molar-refractivity contribution in [3.05, 3.63) is 29.1 Å². The number of hydrogen-bond acceptors (Lipinski definition) is 1. The van der Waals surface area contributed by atoms with E-state index in [1.165, 1.54) is 12.1 Å². The van der Waals surface area contributed by atoms with E-state index in [9.17, 15) is 9.18 Å². The molecule has 1 saturated heterocycles. The molecule has 0 N–H and O–H groups in total. The van der Waals surface area contributed by atoms with E-state index < -0.39 is 0 Å². The average Bonchev–Trinajstić information content (AvgIpc) is 2.71. The molecule has 1 amide bonds. The molecule has 3 nitrogen and oxygen atoms in total. The molecule has 2 rings (SSSR count). The number of likely N-dealkylation sites (N-methyl/N-ethyl adjacent to an activating group) is 1. The number of quaternary nitrogens is 1. The maximum absolute atomic E-state index is 13.4. The smallest absolute Gasteiger partial charge is 0.285 e. The van der Waals surface area contributed by atoms with E-state index in [0.29, 0.717) is 4.48 Å². The van der Waals surface area contributed by atoms with E-state index >= 15 is 0 Å². The summed E-state index contributed by atoms with van der Waals surface area (Å²) in [6.07, 6.45) is 0.857. The van der Waals surface area contributed by atoms with Crippen molar-refractivity contribution < 1.29 is 46.4 Å². The first kappa shape index (κ1) is 18.7. The third-order valence-electron chi connectivity index (χ3n) is 4.56. The topological polar surface area (TPSA) is 20.3 Å². The largest absolute Gasteiger partial charge is 0.318 e. The maximum atomic E-state index is 13.4. The minimum atomic E-state index is -0.239. The second kappa shape index (κ2) is 6.84. The van der Waals surface area contributed by atoms with Gasteiger partial charge >= 0.3 is 0 Å². The maximum Gasteiger partial charge on any atom is 0.285 e. The van der Waals surface area contributed by atoms with Crippen LogP contribution in [0.1, 0.15) is 24.5 Å². The van der Waals surface area contributed by atoms with Crippen LogP contribution in [0.15, 0.2) is 12.1 Å². The molecule has 0 saturated carbocycles. The van der Waals surface area contributed by atoms with Crippen molar-refractivity contribution in [2.75, 3.05) is 32.1 Å². The molecule has 0 bridgehead atoms. The third kappa shape index (κ3) is 3.54. The van der Waals surface area contributed by atoms with Gasteiger partial charge in [-0.3, -0.25) is 4.79 Å². The van der Waals surface area contributed by atoms with Crippen molar-refractivity contribution >= 4 is 11.6 Å². The van der Waals surface area contributed by atoms with E-state index in [1.54, 1.807) is 0 Å². The van der Waals surface area contributed by atoms with Gasteiger partial charge in [0.2, 0.25) is 0 Å². The van der Waals surface area contributed by atoms with Gasteiger partial charge in [-0.2, -0.15) is 0 Å². The first-order chi connectivity index (χ1) is 9.27. The van der Waals surface area contributed by atoms with Crippen LogP contribution in [0.25, 0.3) is 0 Å². The van der Waals surface area contributed by atoms with Crippen LogP contribution in [0.3, 0.4) is 0 Å². The van der Waals surface area contributed by atoms with Crippen LogP contribution in [-0.2, 0) is 37.5 Å². The fourth-order valence-electron chi connectivity index (χ4n) is 3.08. The quantitative estimate of drug-likeness (QED) is 0.752. The van der Waals surface area contributed by atoms with Gasteiger partial charge in [0.15, 0.2) is 6.04 Å². The summed E-state index contributed by atoms with van der Waals surface area (Å²) in [6, 6.07) is 3.01. The molecule has 1 atom stereocenters. The minimum absolute atomic E-state index is 0. The van der Waals surface area contributed by atoms with Crippen molar-refractivity contribution in [2.45, 2.75) is 33.2 Å². The number of nitrogens with zero attached hydrogens (tertiary/aromatic N) is 2. The minimum Gasteiger partial charge on any atom is -0.318 e. The first-order valence-electron chi connectivity index (χ1n) is 7.18. The number of hydrogen-bond donors (Lipinski definition) is 0. The molecule has 1 aromatic rings. The Morgan fingerprint density at radius 2 is 1.81 bits per heavy atom. The molecule has 1 unspecified atom stereocenters. The van der Waals surface area contributed by atoms with Crippen LogP contribution in [0.2, 0.25) is 0 Å². The van der Waals surface area contributed by atoms with Crippen molar-refractivity contribution in [1.82, 2.24) is 0 Å². The molecule has 1 heterocycles. The van der Waals surface area contributed by atoms with Gasteiger partial charge in [0.05, 0.1) is 20.6 Å². The molecule has 113 valence electrons. The van der Waals surface area contributed by atoms with Gasteiger partial charge in [0, 0.05) is 51.4 Å². The first-order valence-corrected chi connectivity index (χ1v) is 7.18. The fraction of sp³-hybridized carbons (Fsp3) is 0.562. The Morgan fingerprint density at radius 1 is 1.29 bits per heavy atom. The van der Waals surface area contributed by atoms with Gasteiger partial charge in [-0.1, -0.05) is 0 Å². The zero-order chi connectivity index (χ0) is 15.1. The summed E-state index contributed by atoms with van der Waals surface area (Å²) in [5, 5.41) is 0. The van der Waals surface area contributed by atoms with Crippen LogP contribution in [-0.4, -0.2) is 43.6 Å². The fourth-order valence-corrected chi connectivity index (χ4v) is 3.08.